The van der Waals surface area contributed by atoms with Gasteiger partial charge in [-0.15, -0.1) is 0 Å². The maximum absolute atomic E-state index is 5.35. The van der Waals surface area contributed by atoms with Gasteiger partial charge in [-0.3, -0.25) is 4.98 Å². The molecule has 0 bridgehead atoms. The molecule has 0 aromatic carbocycles. The van der Waals surface area contributed by atoms with E-state index >= 15 is 0 Å². The first-order valence-electron chi connectivity index (χ1n) is 3.71. The third kappa shape index (κ3) is 2.29. The van der Waals surface area contributed by atoms with Gasteiger partial charge in [0.15, 0.2) is 5.11 Å². The van der Waals surface area contributed by atoms with Crippen molar-refractivity contribution in [3.63, 3.8) is 0 Å². The van der Waals surface area contributed by atoms with Gasteiger partial charge in [0.05, 0.1) is 12.8 Å². The summed E-state index contributed by atoms with van der Waals surface area (Å²) in [6.45, 7) is 1.85. The molecule has 1 aromatic rings. The van der Waals surface area contributed by atoms with E-state index in [4.69, 9.17) is 22.7 Å². The third-order valence-corrected chi connectivity index (χ3v) is 1.67. The second-order valence-corrected chi connectivity index (χ2v) is 2.90. The molecule has 1 aromatic heterocycles. The summed E-state index contributed by atoms with van der Waals surface area (Å²) in [5.74, 6) is 0.681. The monoisotopic (exact) mass is 197 g/mol. The van der Waals surface area contributed by atoms with E-state index < -0.39 is 0 Å². The van der Waals surface area contributed by atoms with Gasteiger partial charge in [0.25, 0.3) is 0 Å². The Balaban J connectivity index is 3.07. The Labute approximate surface area is 82.1 Å². The molecule has 0 amide bonds. The van der Waals surface area contributed by atoms with Crippen LogP contribution in [0.3, 0.4) is 0 Å². The van der Waals surface area contributed by atoms with Gasteiger partial charge in [0, 0.05) is 12.3 Å². The van der Waals surface area contributed by atoms with E-state index in [-0.39, 0.29) is 5.11 Å². The van der Waals surface area contributed by atoms with Crippen molar-refractivity contribution in [3.05, 3.63) is 18.0 Å². The summed E-state index contributed by atoms with van der Waals surface area (Å²) in [5.41, 5.74) is 6.87. The molecule has 1 rings (SSSR count). The van der Waals surface area contributed by atoms with Crippen LogP contribution in [0.4, 0.5) is 5.69 Å². The van der Waals surface area contributed by atoms with Crippen LogP contribution in [-0.4, -0.2) is 17.2 Å². The third-order valence-electron chi connectivity index (χ3n) is 1.57. The summed E-state index contributed by atoms with van der Waals surface area (Å²) in [5, 5.41) is 3.02. The highest BCUT2D eigenvalue weighted by molar-refractivity contribution is 7.80. The van der Waals surface area contributed by atoms with Gasteiger partial charge in [-0.05, 0) is 19.1 Å². The fraction of sp³-hybridized carbons (Fsp3) is 0.250. The van der Waals surface area contributed by atoms with Crippen LogP contribution in [0.5, 0.6) is 5.75 Å². The number of pyridine rings is 1. The minimum absolute atomic E-state index is 0.203. The van der Waals surface area contributed by atoms with E-state index in [0.717, 1.165) is 11.4 Å². The van der Waals surface area contributed by atoms with Crippen LogP contribution < -0.4 is 15.8 Å². The van der Waals surface area contributed by atoms with E-state index in [1.807, 2.05) is 6.92 Å². The number of ether oxygens (including phenoxy) is 1. The Morgan fingerprint density at radius 2 is 2.38 bits per heavy atom. The standard InChI is InChI=1S/C8H11N3OS/c1-5-7(11-8(9)13)6(12-2)3-4-10-5/h3-4H,1-2H3,(H3,9,11,13). The lowest BCUT2D eigenvalue weighted by atomic mass is 10.3. The molecule has 0 saturated carbocycles. The normalized spacial score (nSPS) is 9.38. The molecule has 3 N–H and O–H groups in total. The molecule has 70 valence electrons. The summed E-state index contributed by atoms with van der Waals surface area (Å²) in [7, 11) is 1.58. The quantitative estimate of drug-likeness (QED) is 0.694. The highest BCUT2D eigenvalue weighted by Gasteiger charge is 2.06. The number of nitrogens with one attached hydrogen (secondary N) is 1. The summed E-state index contributed by atoms with van der Waals surface area (Å²) < 4.78 is 5.11. The maximum Gasteiger partial charge on any atom is 0.168 e. The number of aromatic nitrogens is 1. The SMILES string of the molecule is COc1ccnc(C)c1NC(N)=S. The second kappa shape index (κ2) is 4.04. The number of anilines is 1. The van der Waals surface area contributed by atoms with Crippen molar-refractivity contribution in [1.82, 2.24) is 4.98 Å². The van der Waals surface area contributed by atoms with E-state index in [9.17, 15) is 0 Å². The Morgan fingerprint density at radius 1 is 1.69 bits per heavy atom. The largest absolute Gasteiger partial charge is 0.494 e. The lowest BCUT2D eigenvalue weighted by Crippen LogP contribution is -2.20. The van der Waals surface area contributed by atoms with Crippen molar-refractivity contribution >= 4 is 23.0 Å². The van der Waals surface area contributed by atoms with Crippen LogP contribution in [0, 0.1) is 6.92 Å². The topological polar surface area (TPSA) is 60.2 Å². The Bertz CT molecular complexity index is 327. The van der Waals surface area contributed by atoms with Gasteiger partial charge in [-0.25, -0.2) is 0 Å². The minimum Gasteiger partial charge on any atom is -0.494 e. The predicted molar refractivity (Wildman–Crippen MR) is 55.9 cm³/mol. The number of methoxy groups -OCH3 is 1. The van der Waals surface area contributed by atoms with Crippen molar-refractivity contribution in [2.75, 3.05) is 12.4 Å². The van der Waals surface area contributed by atoms with Crippen molar-refractivity contribution in [2.45, 2.75) is 6.92 Å². The zero-order valence-electron chi connectivity index (χ0n) is 7.50. The molecule has 0 atom stereocenters. The van der Waals surface area contributed by atoms with Crippen LogP contribution in [0.25, 0.3) is 0 Å². The zero-order valence-corrected chi connectivity index (χ0v) is 8.31. The summed E-state index contributed by atoms with van der Waals surface area (Å²) >= 11 is 4.73. The van der Waals surface area contributed by atoms with Crippen molar-refractivity contribution in [2.24, 2.45) is 5.73 Å². The van der Waals surface area contributed by atoms with E-state index in [1.165, 1.54) is 0 Å². The number of nitrogens with two attached hydrogens (primary N) is 1. The Morgan fingerprint density at radius 3 is 2.92 bits per heavy atom. The number of aryl methyl sites for hydroxylation is 1. The van der Waals surface area contributed by atoms with Gasteiger partial charge >= 0.3 is 0 Å². The summed E-state index contributed by atoms with van der Waals surface area (Å²) in [4.78, 5) is 4.08. The van der Waals surface area contributed by atoms with Gasteiger partial charge < -0.3 is 15.8 Å². The van der Waals surface area contributed by atoms with Crippen LogP contribution in [-0.2, 0) is 0 Å². The lowest BCUT2D eigenvalue weighted by Gasteiger charge is -2.11. The molecule has 0 aliphatic carbocycles. The van der Waals surface area contributed by atoms with Gasteiger partial charge in [0.1, 0.15) is 11.4 Å². The highest BCUT2D eigenvalue weighted by Crippen LogP contribution is 2.25. The van der Waals surface area contributed by atoms with Crippen LogP contribution in [0.1, 0.15) is 5.69 Å². The highest BCUT2D eigenvalue weighted by atomic mass is 32.1. The first-order valence-corrected chi connectivity index (χ1v) is 4.12. The molecule has 1 heterocycles. The first kappa shape index (κ1) is 9.73. The molecule has 4 nitrogen and oxygen atoms in total. The number of thiocarbonyl (C=S) groups is 1. The van der Waals surface area contributed by atoms with Crippen molar-refractivity contribution in [3.8, 4) is 5.75 Å². The number of nitrogens with zero attached hydrogens (tertiary/aromatic N) is 1. The van der Waals surface area contributed by atoms with Gasteiger partial charge in [0.2, 0.25) is 0 Å². The first-order chi connectivity index (χ1) is 6.15. The minimum atomic E-state index is 0.203. The summed E-state index contributed by atoms with van der Waals surface area (Å²) in [6.07, 6.45) is 1.67. The van der Waals surface area contributed by atoms with Crippen LogP contribution >= 0.6 is 12.2 Å². The Hall–Kier alpha value is -1.36. The van der Waals surface area contributed by atoms with E-state index in [1.54, 1.807) is 19.4 Å². The summed E-state index contributed by atoms with van der Waals surface area (Å²) in [6, 6.07) is 1.74. The molecule has 0 spiro atoms. The fourth-order valence-corrected chi connectivity index (χ4v) is 1.09. The maximum atomic E-state index is 5.35. The number of hydrogen-bond acceptors (Lipinski definition) is 3. The molecule has 13 heavy (non-hydrogen) atoms. The van der Waals surface area contributed by atoms with Crippen LogP contribution in [0.2, 0.25) is 0 Å². The van der Waals surface area contributed by atoms with E-state index in [2.05, 4.69) is 10.3 Å². The average molecular weight is 197 g/mol. The average Bonchev–Trinajstić information content (AvgIpc) is 2.08. The molecular formula is C8H11N3OS. The molecule has 0 radical (unpaired) electrons. The molecule has 0 saturated heterocycles. The van der Waals surface area contributed by atoms with Crippen LogP contribution in [0.15, 0.2) is 12.3 Å². The lowest BCUT2D eigenvalue weighted by molar-refractivity contribution is 0.416. The number of hydrogen-bond donors (Lipinski definition) is 2. The second-order valence-electron chi connectivity index (χ2n) is 2.46. The smallest absolute Gasteiger partial charge is 0.168 e. The van der Waals surface area contributed by atoms with Gasteiger partial charge in [-0.1, -0.05) is 0 Å². The van der Waals surface area contributed by atoms with Gasteiger partial charge in [-0.2, -0.15) is 0 Å². The predicted octanol–water partition coefficient (Wildman–Crippen LogP) is 1.05. The number of rotatable bonds is 2. The molecule has 0 aliphatic rings. The fourth-order valence-electron chi connectivity index (χ4n) is 0.988. The van der Waals surface area contributed by atoms with Crippen molar-refractivity contribution in [1.29, 1.82) is 0 Å². The molecule has 5 heteroatoms. The van der Waals surface area contributed by atoms with Crippen molar-refractivity contribution < 1.29 is 4.74 Å². The molecule has 0 fully saturated rings. The molecule has 0 aliphatic heterocycles. The molecular weight excluding hydrogens is 186 g/mol. The zero-order chi connectivity index (χ0) is 9.84. The van der Waals surface area contributed by atoms with E-state index in [0.29, 0.717) is 5.75 Å². The Kier molecular flexibility index (Phi) is 3.02. The molecule has 0 unspecified atom stereocenters.